The van der Waals surface area contributed by atoms with Gasteiger partial charge in [-0.05, 0) is 37.1 Å². The van der Waals surface area contributed by atoms with Crippen molar-refractivity contribution in [3.05, 3.63) is 75.5 Å². The normalized spacial score (nSPS) is 18.2. The van der Waals surface area contributed by atoms with Crippen molar-refractivity contribution in [1.82, 2.24) is 24.9 Å². The molecule has 1 N–H and O–H groups in total. The number of likely N-dealkylation sites (tertiary alicyclic amines) is 1. The van der Waals surface area contributed by atoms with Crippen molar-refractivity contribution in [3.63, 3.8) is 0 Å². The zero-order valence-corrected chi connectivity index (χ0v) is 19.2. The maximum atomic E-state index is 14.7. The van der Waals surface area contributed by atoms with Gasteiger partial charge in [-0.3, -0.25) is 19.3 Å². The van der Waals surface area contributed by atoms with Gasteiger partial charge in [0, 0.05) is 31.4 Å². The van der Waals surface area contributed by atoms with Gasteiger partial charge in [-0.25, -0.2) is 14.3 Å². The van der Waals surface area contributed by atoms with Crippen LogP contribution in [0.15, 0.2) is 47.3 Å². The predicted octanol–water partition coefficient (Wildman–Crippen LogP) is 2.15. The highest BCUT2D eigenvalue weighted by Crippen LogP contribution is 2.25. The molecule has 1 atom stereocenters. The van der Waals surface area contributed by atoms with Crippen molar-refractivity contribution >= 4 is 28.6 Å². The Balaban J connectivity index is 1.36. The largest absolute Gasteiger partial charge is 0.336 e. The fourth-order valence-corrected chi connectivity index (χ4v) is 4.83. The summed E-state index contributed by atoms with van der Waals surface area (Å²) in [7, 11) is 0. The number of H-pyrrole nitrogens is 1. The Bertz CT molecular complexity index is 1400. The topological polar surface area (TPSA) is 107 Å². The standard InChI is InChI=1S/C25H24FN5O4/c1-2-29-14-22(32)31(25(29)35)16-9-10-30(13-16)24(34)19-11-15(7-8-20(19)26)12-21-17-5-3-4-6-18(17)23(33)28-27-21/h3-8,11,16H,2,9-10,12-14H2,1H3,(H,28,33). The van der Waals surface area contributed by atoms with Crippen molar-refractivity contribution in [2.24, 2.45) is 0 Å². The Morgan fingerprint density at radius 1 is 1.14 bits per heavy atom. The predicted molar refractivity (Wildman–Crippen MR) is 125 cm³/mol. The van der Waals surface area contributed by atoms with Crippen molar-refractivity contribution in [2.45, 2.75) is 25.8 Å². The van der Waals surface area contributed by atoms with Crippen molar-refractivity contribution in [2.75, 3.05) is 26.2 Å². The summed E-state index contributed by atoms with van der Waals surface area (Å²) < 4.78 is 14.7. The van der Waals surface area contributed by atoms with E-state index in [0.717, 1.165) is 0 Å². The SMILES string of the molecule is CCN1CC(=O)N(C2CCN(C(=O)c3cc(Cc4n[nH]c(=O)c5ccccc45)ccc3F)C2)C1=O. The van der Waals surface area contributed by atoms with Gasteiger partial charge in [-0.2, -0.15) is 5.10 Å². The van der Waals surface area contributed by atoms with Crippen LogP contribution in [0.3, 0.4) is 0 Å². The molecule has 0 bridgehead atoms. The third kappa shape index (κ3) is 4.05. The lowest BCUT2D eigenvalue weighted by atomic mass is 10.0. The quantitative estimate of drug-likeness (QED) is 0.567. The minimum Gasteiger partial charge on any atom is -0.336 e. The molecular weight excluding hydrogens is 453 g/mol. The maximum Gasteiger partial charge on any atom is 0.327 e. The van der Waals surface area contributed by atoms with Crippen LogP contribution in [0, 0.1) is 5.82 Å². The first-order valence-electron chi connectivity index (χ1n) is 11.5. The lowest BCUT2D eigenvalue weighted by Gasteiger charge is -2.23. The number of likely N-dealkylation sites (N-methyl/N-ethyl adjacent to an activating group) is 1. The van der Waals surface area contributed by atoms with Gasteiger partial charge in [0.2, 0.25) is 0 Å². The Morgan fingerprint density at radius 3 is 2.66 bits per heavy atom. The van der Waals surface area contributed by atoms with Gasteiger partial charge < -0.3 is 9.80 Å². The van der Waals surface area contributed by atoms with E-state index < -0.39 is 17.8 Å². The number of nitrogens with zero attached hydrogens (tertiary/aromatic N) is 4. The molecule has 0 aliphatic carbocycles. The molecular formula is C25H24FN5O4. The highest BCUT2D eigenvalue weighted by Gasteiger charge is 2.43. The van der Waals surface area contributed by atoms with Crippen molar-refractivity contribution in [3.8, 4) is 0 Å². The number of carbonyl (C=O) groups is 3. The summed E-state index contributed by atoms with van der Waals surface area (Å²) in [5, 5.41) is 7.84. The second-order valence-electron chi connectivity index (χ2n) is 8.79. The van der Waals surface area contributed by atoms with Crippen LogP contribution >= 0.6 is 0 Å². The van der Waals surface area contributed by atoms with E-state index in [-0.39, 0.29) is 36.2 Å². The Labute approximate surface area is 200 Å². The molecule has 0 radical (unpaired) electrons. The summed E-state index contributed by atoms with van der Waals surface area (Å²) in [6.07, 6.45) is 0.749. The monoisotopic (exact) mass is 477 g/mol. The molecule has 0 spiro atoms. The van der Waals surface area contributed by atoms with Gasteiger partial charge in [0.1, 0.15) is 12.4 Å². The molecule has 2 saturated heterocycles. The van der Waals surface area contributed by atoms with Crippen molar-refractivity contribution < 1.29 is 18.8 Å². The second-order valence-corrected chi connectivity index (χ2v) is 8.79. The molecule has 1 unspecified atom stereocenters. The average Bonchev–Trinajstić information content (AvgIpc) is 3.45. The Morgan fingerprint density at radius 2 is 1.91 bits per heavy atom. The van der Waals surface area contributed by atoms with Crippen LogP contribution in [-0.2, 0) is 11.2 Å². The molecule has 2 aliphatic heterocycles. The van der Waals surface area contributed by atoms with Gasteiger partial charge in [0.15, 0.2) is 0 Å². The highest BCUT2D eigenvalue weighted by atomic mass is 19.1. The molecule has 35 heavy (non-hydrogen) atoms. The number of carbonyl (C=O) groups excluding carboxylic acids is 3. The van der Waals surface area contributed by atoms with Crippen LogP contribution in [0.4, 0.5) is 9.18 Å². The Kier molecular flexibility index (Phi) is 5.80. The molecule has 2 fully saturated rings. The third-order valence-corrected chi connectivity index (χ3v) is 6.68. The lowest BCUT2D eigenvalue weighted by molar-refractivity contribution is -0.126. The van der Waals surface area contributed by atoms with E-state index in [4.69, 9.17) is 0 Å². The fraction of sp³-hybridized carbons (Fsp3) is 0.320. The second kappa shape index (κ2) is 8.94. The van der Waals surface area contributed by atoms with E-state index in [1.165, 1.54) is 26.8 Å². The lowest BCUT2D eigenvalue weighted by Crippen LogP contribution is -2.43. The molecule has 2 aliphatic rings. The van der Waals surface area contributed by atoms with Crippen LogP contribution in [0.25, 0.3) is 10.8 Å². The van der Waals surface area contributed by atoms with Gasteiger partial charge in [-0.1, -0.05) is 24.3 Å². The minimum atomic E-state index is -0.646. The molecule has 0 saturated carbocycles. The molecule has 9 nitrogen and oxygen atoms in total. The maximum absolute atomic E-state index is 14.7. The number of aromatic nitrogens is 2. The molecule has 2 aromatic carbocycles. The number of imide groups is 1. The van der Waals surface area contributed by atoms with Crippen LogP contribution in [0.1, 0.15) is 35.0 Å². The first kappa shape index (κ1) is 22.7. The van der Waals surface area contributed by atoms with Gasteiger partial charge in [0.25, 0.3) is 17.4 Å². The van der Waals surface area contributed by atoms with E-state index in [9.17, 15) is 23.6 Å². The molecule has 3 aromatic rings. The number of rotatable bonds is 5. The number of urea groups is 1. The minimum absolute atomic E-state index is 0.0456. The van der Waals surface area contributed by atoms with Crippen LogP contribution < -0.4 is 5.56 Å². The summed E-state index contributed by atoms with van der Waals surface area (Å²) in [6.45, 7) is 2.78. The summed E-state index contributed by atoms with van der Waals surface area (Å²) in [5.74, 6) is -1.41. The van der Waals surface area contributed by atoms with E-state index in [2.05, 4.69) is 10.2 Å². The zero-order chi connectivity index (χ0) is 24.7. The number of halogens is 1. The van der Waals surface area contributed by atoms with Crippen LogP contribution in [0.5, 0.6) is 0 Å². The molecule has 1 aromatic heterocycles. The molecule has 3 heterocycles. The number of aromatic amines is 1. The summed E-state index contributed by atoms with van der Waals surface area (Å²) >= 11 is 0. The first-order chi connectivity index (χ1) is 16.9. The number of nitrogens with one attached hydrogen (secondary N) is 1. The molecule has 5 rings (SSSR count). The fourth-order valence-electron chi connectivity index (χ4n) is 4.83. The van der Waals surface area contributed by atoms with Crippen molar-refractivity contribution in [1.29, 1.82) is 0 Å². The molecule has 180 valence electrons. The van der Waals surface area contributed by atoms with E-state index >= 15 is 0 Å². The summed E-state index contributed by atoms with van der Waals surface area (Å²) in [5.41, 5.74) is 0.905. The number of hydrogen-bond donors (Lipinski definition) is 1. The van der Waals surface area contributed by atoms with E-state index in [0.29, 0.717) is 48.0 Å². The summed E-state index contributed by atoms with van der Waals surface area (Å²) in [4.78, 5) is 54.3. The number of benzene rings is 2. The first-order valence-corrected chi connectivity index (χ1v) is 11.5. The zero-order valence-electron chi connectivity index (χ0n) is 19.2. The molecule has 4 amide bonds. The summed E-state index contributed by atoms with van der Waals surface area (Å²) in [6, 6.07) is 10.7. The molecule has 10 heteroatoms. The Hall–Kier alpha value is -4.08. The number of amides is 4. The van der Waals surface area contributed by atoms with Gasteiger partial charge >= 0.3 is 6.03 Å². The van der Waals surface area contributed by atoms with Gasteiger partial charge in [-0.15, -0.1) is 0 Å². The highest BCUT2D eigenvalue weighted by molar-refractivity contribution is 6.02. The number of hydrogen-bond acceptors (Lipinski definition) is 5. The average molecular weight is 477 g/mol. The van der Waals surface area contributed by atoms with Crippen LogP contribution in [0.2, 0.25) is 0 Å². The van der Waals surface area contributed by atoms with Gasteiger partial charge in [0.05, 0.1) is 22.7 Å². The third-order valence-electron chi connectivity index (χ3n) is 6.68. The van der Waals surface area contributed by atoms with Crippen LogP contribution in [-0.4, -0.2) is 75.0 Å². The van der Waals surface area contributed by atoms with E-state index in [1.54, 1.807) is 31.2 Å². The van der Waals surface area contributed by atoms with E-state index in [1.807, 2.05) is 6.07 Å². The smallest absolute Gasteiger partial charge is 0.327 e. The number of fused-ring (bicyclic) bond motifs is 1.